The lowest BCUT2D eigenvalue weighted by atomic mass is 10.0. The van der Waals surface area contributed by atoms with Crippen LogP contribution in [-0.4, -0.2) is 56.0 Å². The first-order valence-corrected chi connectivity index (χ1v) is 9.73. The average Bonchev–Trinajstić information content (AvgIpc) is 2.90. The largest absolute Gasteiger partial charge is 0.462 e. The molecule has 2 N–H and O–H groups in total. The van der Waals surface area contributed by atoms with Crippen molar-refractivity contribution >= 4 is 34.1 Å². The van der Waals surface area contributed by atoms with E-state index in [1.807, 2.05) is 0 Å². The fourth-order valence-electron chi connectivity index (χ4n) is 3.18. The summed E-state index contributed by atoms with van der Waals surface area (Å²) in [6.45, 7) is 7.88. The van der Waals surface area contributed by atoms with Gasteiger partial charge in [0.15, 0.2) is 0 Å². The fraction of sp³-hybridized carbons (Fsp3) is 0.611. The van der Waals surface area contributed by atoms with Gasteiger partial charge in [0.05, 0.1) is 23.6 Å². The average molecular weight is 381 g/mol. The number of hydrogen-bond donors (Lipinski definition) is 2. The van der Waals surface area contributed by atoms with E-state index in [0.29, 0.717) is 21.4 Å². The zero-order valence-electron chi connectivity index (χ0n) is 15.8. The van der Waals surface area contributed by atoms with Gasteiger partial charge in [0.1, 0.15) is 5.00 Å². The van der Waals surface area contributed by atoms with Gasteiger partial charge in [-0.1, -0.05) is 6.92 Å². The number of esters is 1. The summed E-state index contributed by atoms with van der Waals surface area (Å²) in [4.78, 5) is 39.4. The van der Waals surface area contributed by atoms with E-state index in [2.05, 4.69) is 22.5 Å². The molecule has 2 heterocycles. The Morgan fingerprint density at radius 3 is 2.69 bits per heavy atom. The smallest absolute Gasteiger partial charge is 0.341 e. The van der Waals surface area contributed by atoms with Crippen molar-refractivity contribution in [2.24, 2.45) is 5.92 Å². The molecule has 26 heavy (non-hydrogen) atoms. The minimum atomic E-state index is -0.529. The second-order valence-corrected chi connectivity index (χ2v) is 7.61. The van der Waals surface area contributed by atoms with Crippen LogP contribution in [0, 0.1) is 12.8 Å². The maximum Gasteiger partial charge on any atom is 0.341 e. The summed E-state index contributed by atoms with van der Waals surface area (Å²) in [7, 11) is 1.53. The van der Waals surface area contributed by atoms with E-state index in [-0.39, 0.29) is 30.5 Å². The highest BCUT2D eigenvalue weighted by Gasteiger charge is 2.27. The van der Waals surface area contributed by atoms with Crippen LogP contribution in [-0.2, 0) is 9.53 Å². The number of piperidine rings is 1. The first kappa shape index (κ1) is 20.4. The minimum Gasteiger partial charge on any atom is -0.462 e. The molecule has 0 unspecified atom stereocenters. The Hall–Kier alpha value is -1.93. The van der Waals surface area contributed by atoms with Crippen molar-refractivity contribution in [3.05, 3.63) is 16.0 Å². The summed E-state index contributed by atoms with van der Waals surface area (Å²) in [5.41, 5.74) is 0.783. The van der Waals surface area contributed by atoms with Gasteiger partial charge in [-0.15, -0.1) is 11.3 Å². The molecule has 1 atom stereocenters. The highest BCUT2D eigenvalue weighted by molar-refractivity contribution is 7.18. The van der Waals surface area contributed by atoms with Crippen LogP contribution in [0.25, 0.3) is 0 Å². The number of nitrogens with one attached hydrogen (secondary N) is 2. The molecule has 1 aromatic heterocycles. The molecule has 1 aliphatic rings. The number of rotatable bonds is 6. The SMILES string of the molecule is CCOC(=O)c1c(NC(=O)CN2CCC[C@H](C)C2)sc(C(=O)NC)c1C. The molecule has 1 aliphatic heterocycles. The van der Waals surface area contributed by atoms with Gasteiger partial charge in [0, 0.05) is 13.6 Å². The fourth-order valence-corrected chi connectivity index (χ4v) is 4.34. The maximum atomic E-state index is 12.5. The van der Waals surface area contributed by atoms with Crippen molar-refractivity contribution in [1.29, 1.82) is 0 Å². The maximum absolute atomic E-state index is 12.5. The number of amides is 2. The molecule has 0 radical (unpaired) electrons. The molecule has 2 amide bonds. The number of ether oxygens (including phenoxy) is 1. The van der Waals surface area contributed by atoms with E-state index in [1.54, 1.807) is 13.8 Å². The van der Waals surface area contributed by atoms with Crippen molar-refractivity contribution in [2.45, 2.75) is 33.6 Å². The predicted octanol–water partition coefficient (Wildman–Crippen LogP) is 2.26. The van der Waals surface area contributed by atoms with Crippen molar-refractivity contribution in [1.82, 2.24) is 10.2 Å². The topological polar surface area (TPSA) is 87.7 Å². The summed E-state index contributed by atoms with van der Waals surface area (Å²) in [6, 6.07) is 0. The standard InChI is InChI=1S/C18H27N3O4S/c1-5-25-18(24)14-12(3)15(16(23)19-4)26-17(14)20-13(22)10-21-8-6-7-11(2)9-21/h11H,5-10H2,1-4H3,(H,19,23)(H,20,22)/t11-/m0/s1. The van der Waals surface area contributed by atoms with Crippen LogP contribution in [0.15, 0.2) is 0 Å². The van der Waals surface area contributed by atoms with Crippen molar-refractivity contribution in [2.75, 3.05) is 38.6 Å². The van der Waals surface area contributed by atoms with E-state index in [4.69, 9.17) is 4.74 Å². The van der Waals surface area contributed by atoms with Crippen LogP contribution < -0.4 is 10.6 Å². The second kappa shape index (κ2) is 9.14. The summed E-state index contributed by atoms with van der Waals surface area (Å²) in [6.07, 6.45) is 2.27. The number of carbonyl (C=O) groups excluding carboxylic acids is 3. The van der Waals surface area contributed by atoms with E-state index in [1.165, 1.54) is 13.5 Å². The molecule has 7 nitrogen and oxygen atoms in total. The lowest BCUT2D eigenvalue weighted by molar-refractivity contribution is -0.117. The van der Waals surface area contributed by atoms with Crippen LogP contribution in [0.4, 0.5) is 5.00 Å². The van der Waals surface area contributed by atoms with Gasteiger partial charge >= 0.3 is 5.97 Å². The van der Waals surface area contributed by atoms with Crippen molar-refractivity contribution in [3.8, 4) is 0 Å². The van der Waals surface area contributed by atoms with Gasteiger partial charge in [-0.3, -0.25) is 14.5 Å². The van der Waals surface area contributed by atoms with Crippen LogP contribution in [0.5, 0.6) is 0 Å². The van der Waals surface area contributed by atoms with Crippen LogP contribution in [0.3, 0.4) is 0 Å². The first-order chi connectivity index (χ1) is 12.4. The number of nitrogens with zero attached hydrogens (tertiary/aromatic N) is 1. The molecule has 1 aromatic rings. The number of hydrogen-bond acceptors (Lipinski definition) is 6. The molecular weight excluding hydrogens is 354 g/mol. The summed E-state index contributed by atoms with van der Waals surface area (Å²) < 4.78 is 5.10. The van der Waals surface area contributed by atoms with E-state index in [9.17, 15) is 14.4 Å². The molecule has 0 saturated carbocycles. The number of anilines is 1. The van der Waals surface area contributed by atoms with Crippen LogP contribution in [0.1, 0.15) is 52.3 Å². The first-order valence-electron chi connectivity index (χ1n) is 8.92. The molecule has 0 bridgehead atoms. The van der Waals surface area contributed by atoms with Crippen LogP contribution in [0.2, 0.25) is 0 Å². The Morgan fingerprint density at radius 1 is 1.35 bits per heavy atom. The molecular formula is C18H27N3O4S. The quantitative estimate of drug-likeness (QED) is 0.738. The lowest BCUT2D eigenvalue weighted by Gasteiger charge is -2.30. The van der Waals surface area contributed by atoms with E-state index in [0.717, 1.165) is 30.8 Å². The third-order valence-corrected chi connectivity index (χ3v) is 5.63. The zero-order chi connectivity index (χ0) is 19.3. The van der Waals surface area contributed by atoms with Gasteiger partial charge in [-0.05, 0) is 44.7 Å². The number of carbonyl (C=O) groups is 3. The Balaban J connectivity index is 2.19. The summed E-state index contributed by atoms with van der Waals surface area (Å²) in [5.74, 6) is -0.425. The monoisotopic (exact) mass is 381 g/mol. The third kappa shape index (κ3) is 4.82. The van der Waals surface area contributed by atoms with Gasteiger partial charge in [0.2, 0.25) is 5.91 Å². The third-order valence-electron chi connectivity index (χ3n) is 4.42. The highest BCUT2D eigenvalue weighted by Crippen LogP contribution is 2.33. The Morgan fingerprint density at radius 2 is 2.08 bits per heavy atom. The van der Waals surface area contributed by atoms with Crippen molar-refractivity contribution in [3.63, 3.8) is 0 Å². The van der Waals surface area contributed by atoms with Gasteiger partial charge in [-0.2, -0.15) is 0 Å². The lowest BCUT2D eigenvalue weighted by Crippen LogP contribution is -2.39. The molecule has 8 heteroatoms. The predicted molar refractivity (Wildman–Crippen MR) is 102 cm³/mol. The normalized spacial score (nSPS) is 17.6. The summed E-state index contributed by atoms with van der Waals surface area (Å²) >= 11 is 1.10. The summed E-state index contributed by atoms with van der Waals surface area (Å²) in [5, 5.41) is 5.74. The minimum absolute atomic E-state index is 0.186. The molecule has 0 aromatic carbocycles. The molecule has 144 valence electrons. The highest BCUT2D eigenvalue weighted by atomic mass is 32.1. The zero-order valence-corrected chi connectivity index (χ0v) is 16.6. The Labute approximate surface area is 158 Å². The van der Waals surface area contributed by atoms with E-state index < -0.39 is 5.97 Å². The molecule has 0 aliphatic carbocycles. The molecule has 1 saturated heterocycles. The number of thiophene rings is 1. The molecule has 2 rings (SSSR count). The van der Waals surface area contributed by atoms with Gasteiger partial charge < -0.3 is 15.4 Å². The number of likely N-dealkylation sites (tertiary alicyclic amines) is 1. The van der Waals surface area contributed by atoms with Gasteiger partial charge in [-0.25, -0.2) is 4.79 Å². The Bertz CT molecular complexity index is 686. The Kier molecular flexibility index (Phi) is 7.16. The second-order valence-electron chi connectivity index (χ2n) is 6.59. The van der Waals surface area contributed by atoms with E-state index >= 15 is 0 Å². The van der Waals surface area contributed by atoms with Crippen LogP contribution >= 0.6 is 11.3 Å². The van der Waals surface area contributed by atoms with Crippen molar-refractivity contribution < 1.29 is 19.1 Å². The molecule has 1 fully saturated rings. The molecule has 0 spiro atoms. The van der Waals surface area contributed by atoms with Gasteiger partial charge in [0.25, 0.3) is 5.91 Å².